The zero-order valence-corrected chi connectivity index (χ0v) is 24.3. The number of anilines is 2. The number of halogens is 3. The number of aromatic nitrogens is 4. The molecule has 234 valence electrons. The van der Waals surface area contributed by atoms with Gasteiger partial charge in [-0.1, -0.05) is 17.7 Å². The zero-order chi connectivity index (χ0) is 31.2. The summed E-state index contributed by atoms with van der Waals surface area (Å²) in [5.74, 6) is 0.538. The predicted octanol–water partition coefficient (Wildman–Crippen LogP) is 2.08. The van der Waals surface area contributed by atoms with Gasteiger partial charge in [0.1, 0.15) is 24.6 Å². The smallest absolute Gasteiger partial charge is 0.387 e. The molecule has 4 heterocycles. The van der Waals surface area contributed by atoms with E-state index >= 15 is 0 Å². The maximum atomic E-state index is 12.9. The van der Waals surface area contributed by atoms with Crippen LogP contribution in [-0.2, 0) is 20.9 Å². The molecule has 0 spiro atoms. The molecule has 2 aromatic carbocycles. The van der Waals surface area contributed by atoms with E-state index in [0.717, 1.165) is 17.7 Å². The highest BCUT2D eigenvalue weighted by molar-refractivity contribution is 7.89. The molecule has 3 N–H and O–H groups in total. The van der Waals surface area contributed by atoms with Gasteiger partial charge in [0, 0.05) is 38.4 Å². The molecule has 0 radical (unpaired) electrons. The van der Waals surface area contributed by atoms with E-state index in [0.29, 0.717) is 48.8 Å². The Bertz CT molecular complexity index is 1730. The van der Waals surface area contributed by atoms with Gasteiger partial charge >= 0.3 is 6.18 Å². The molecule has 16 heteroatoms. The lowest BCUT2D eigenvalue weighted by Crippen LogP contribution is -2.47. The summed E-state index contributed by atoms with van der Waals surface area (Å²) in [7, 11) is -3.88. The predicted molar refractivity (Wildman–Crippen MR) is 153 cm³/mol. The van der Waals surface area contributed by atoms with Gasteiger partial charge in [-0.25, -0.2) is 28.1 Å². The molecule has 0 saturated carbocycles. The summed E-state index contributed by atoms with van der Waals surface area (Å²) in [4.78, 5) is 17.2. The van der Waals surface area contributed by atoms with Crippen molar-refractivity contribution in [2.24, 2.45) is 0 Å². The minimum Gasteiger partial charge on any atom is -0.387 e. The molecule has 0 aliphatic carbocycles. The van der Waals surface area contributed by atoms with Crippen LogP contribution in [0.1, 0.15) is 17.4 Å². The molecule has 4 aromatic rings. The molecular formula is C28H30F3N7O5S. The average molecular weight is 634 g/mol. The van der Waals surface area contributed by atoms with E-state index in [-0.39, 0.29) is 11.4 Å². The van der Waals surface area contributed by atoms with Crippen LogP contribution in [0.3, 0.4) is 0 Å². The highest BCUT2D eigenvalue weighted by Crippen LogP contribution is 2.34. The third-order valence-electron chi connectivity index (χ3n) is 7.90. The SMILES string of the molecule is Cc1ccc(S(=O)(=O)NC[C@H]2O[C@@H](n3cnc4c(N5CCN(c6ccc(C(F)(F)F)cc6)CC5)ncnc43)[C@H](O)[C@@H]2O)cc1. The first-order valence-electron chi connectivity index (χ1n) is 13.8. The van der Waals surface area contributed by atoms with Crippen LogP contribution in [0.5, 0.6) is 0 Å². The summed E-state index contributed by atoms with van der Waals surface area (Å²) >= 11 is 0. The van der Waals surface area contributed by atoms with Crippen molar-refractivity contribution in [1.82, 2.24) is 24.2 Å². The number of piperazine rings is 1. The van der Waals surface area contributed by atoms with Crippen LogP contribution in [-0.4, -0.2) is 89.2 Å². The Balaban J connectivity index is 1.13. The molecule has 2 aliphatic rings. The first kappa shape index (κ1) is 30.2. The Kier molecular flexibility index (Phi) is 7.96. The van der Waals surface area contributed by atoms with Crippen LogP contribution < -0.4 is 14.5 Å². The average Bonchev–Trinajstić information content (AvgIpc) is 3.56. The first-order valence-corrected chi connectivity index (χ1v) is 15.3. The van der Waals surface area contributed by atoms with Gasteiger partial charge in [-0.3, -0.25) is 4.57 Å². The van der Waals surface area contributed by atoms with Crippen LogP contribution in [0.25, 0.3) is 11.2 Å². The Morgan fingerprint density at radius 1 is 0.932 bits per heavy atom. The van der Waals surface area contributed by atoms with Gasteiger partial charge in [0.2, 0.25) is 10.0 Å². The lowest BCUT2D eigenvalue weighted by Gasteiger charge is -2.36. The fourth-order valence-corrected chi connectivity index (χ4v) is 6.46. The number of alkyl halides is 3. The summed E-state index contributed by atoms with van der Waals surface area (Å²) in [6, 6.07) is 11.4. The quantitative estimate of drug-likeness (QED) is 0.277. The molecule has 44 heavy (non-hydrogen) atoms. The molecule has 2 fully saturated rings. The second-order valence-electron chi connectivity index (χ2n) is 10.8. The number of imidazole rings is 1. The molecule has 2 aromatic heterocycles. The van der Waals surface area contributed by atoms with Gasteiger partial charge < -0.3 is 24.7 Å². The molecular weight excluding hydrogens is 603 g/mol. The van der Waals surface area contributed by atoms with Crippen molar-refractivity contribution in [3.63, 3.8) is 0 Å². The number of ether oxygens (including phenoxy) is 1. The third-order valence-corrected chi connectivity index (χ3v) is 9.34. The number of aliphatic hydroxyl groups excluding tert-OH is 2. The number of aliphatic hydroxyl groups is 2. The van der Waals surface area contributed by atoms with Crippen molar-refractivity contribution in [2.45, 2.75) is 42.5 Å². The Labute approximate surface area is 250 Å². The monoisotopic (exact) mass is 633 g/mol. The minimum atomic E-state index is -4.39. The lowest BCUT2D eigenvalue weighted by molar-refractivity contribution is -0.137. The Morgan fingerprint density at radius 3 is 2.25 bits per heavy atom. The Morgan fingerprint density at radius 2 is 1.59 bits per heavy atom. The topological polar surface area (TPSA) is 146 Å². The number of benzene rings is 2. The second-order valence-corrected chi connectivity index (χ2v) is 12.5. The number of fused-ring (bicyclic) bond motifs is 1. The normalized spacial score (nSPS) is 23.0. The summed E-state index contributed by atoms with van der Waals surface area (Å²) in [6.07, 6.45) is -6.55. The summed E-state index contributed by atoms with van der Waals surface area (Å²) in [5, 5.41) is 21.5. The fourth-order valence-electron chi connectivity index (χ4n) is 5.42. The summed E-state index contributed by atoms with van der Waals surface area (Å²) in [6.45, 7) is 3.67. The van der Waals surface area contributed by atoms with Crippen LogP contribution in [0.15, 0.2) is 66.1 Å². The Hall–Kier alpha value is -3.83. The zero-order valence-electron chi connectivity index (χ0n) is 23.5. The largest absolute Gasteiger partial charge is 0.416 e. The second kappa shape index (κ2) is 11.6. The molecule has 0 amide bonds. The number of aryl methyl sites for hydroxylation is 1. The molecule has 2 aliphatic heterocycles. The highest BCUT2D eigenvalue weighted by Gasteiger charge is 2.44. The van der Waals surface area contributed by atoms with Crippen LogP contribution in [0.4, 0.5) is 24.7 Å². The highest BCUT2D eigenvalue weighted by atomic mass is 32.2. The molecule has 0 bridgehead atoms. The van der Waals surface area contributed by atoms with Crippen molar-refractivity contribution >= 4 is 32.7 Å². The number of nitrogens with one attached hydrogen (secondary N) is 1. The minimum absolute atomic E-state index is 0.0673. The van der Waals surface area contributed by atoms with Crippen molar-refractivity contribution in [2.75, 3.05) is 42.5 Å². The van der Waals surface area contributed by atoms with Crippen LogP contribution >= 0.6 is 0 Å². The van der Waals surface area contributed by atoms with E-state index in [1.807, 2.05) is 16.7 Å². The van der Waals surface area contributed by atoms with E-state index in [2.05, 4.69) is 19.7 Å². The molecule has 4 atom stereocenters. The van der Waals surface area contributed by atoms with Crippen molar-refractivity contribution in [1.29, 1.82) is 0 Å². The molecule has 0 unspecified atom stereocenters. The number of rotatable bonds is 7. The third kappa shape index (κ3) is 5.82. The maximum absolute atomic E-state index is 12.9. The summed E-state index contributed by atoms with van der Waals surface area (Å²) < 4.78 is 74.1. The van der Waals surface area contributed by atoms with E-state index < -0.39 is 46.3 Å². The lowest BCUT2D eigenvalue weighted by atomic mass is 10.1. The van der Waals surface area contributed by atoms with Gasteiger partial charge in [-0.05, 0) is 43.3 Å². The fraction of sp³-hybridized carbons (Fsp3) is 0.393. The van der Waals surface area contributed by atoms with Crippen molar-refractivity contribution < 1.29 is 36.5 Å². The van der Waals surface area contributed by atoms with E-state index in [9.17, 15) is 31.8 Å². The van der Waals surface area contributed by atoms with E-state index in [1.165, 1.54) is 41.5 Å². The number of sulfonamides is 1. The van der Waals surface area contributed by atoms with Crippen molar-refractivity contribution in [3.8, 4) is 0 Å². The van der Waals surface area contributed by atoms with E-state index in [4.69, 9.17) is 4.74 Å². The summed E-state index contributed by atoms with van der Waals surface area (Å²) in [5.41, 5.74) is 1.68. The number of hydrogen-bond donors (Lipinski definition) is 3. The number of nitrogens with zero attached hydrogens (tertiary/aromatic N) is 6. The molecule has 2 saturated heterocycles. The molecule has 12 nitrogen and oxygen atoms in total. The number of hydrogen-bond acceptors (Lipinski definition) is 10. The standard InChI is InChI=1S/C28H30F3N7O5S/c1-17-2-8-20(9-3-17)44(41,42)35-14-21-23(39)24(40)27(43-21)38-16-34-22-25(32-15-33-26(22)38)37-12-10-36(11-13-37)19-6-4-18(5-7-19)28(29,30)31/h2-9,15-16,21,23-24,27,35,39-40H,10-14H2,1H3/t21-,23-,24-,27-/m1/s1. The maximum Gasteiger partial charge on any atom is 0.416 e. The van der Waals surface area contributed by atoms with Crippen LogP contribution in [0, 0.1) is 6.92 Å². The van der Waals surface area contributed by atoms with Gasteiger partial charge in [0.25, 0.3) is 0 Å². The van der Waals surface area contributed by atoms with E-state index in [1.54, 1.807) is 12.1 Å². The van der Waals surface area contributed by atoms with Gasteiger partial charge in [0.05, 0.1) is 16.8 Å². The van der Waals surface area contributed by atoms with Gasteiger partial charge in [-0.15, -0.1) is 0 Å². The van der Waals surface area contributed by atoms with Gasteiger partial charge in [0.15, 0.2) is 23.2 Å². The first-order chi connectivity index (χ1) is 20.9. The van der Waals surface area contributed by atoms with Gasteiger partial charge in [-0.2, -0.15) is 13.2 Å². The van der Waals surface area contributed by atoms with Crippen LogP contribution in [0.2, 0.25) is 0 Å². The van der Waals surface area contributed by atoms with Crippen molar-refractivity contribution in [3.05, 3.63) is 72.3 Å². The molecule has 6 rings (SSSR count).